The zero-order valence-electron chi connectivity index (χ0n) is 22.7. The number of rotatable bonds is 6. The van der Waals surface area contributed by atoms with Crippen molar-refractivity contribution in [2.75, 3.05) is 48.8 Å². The summed E-state index contributed by atoms with van der Waals surface area (Å²) in [7, 11) is 2.13. The Morgan fingerprint density at radius 1 is 1.02 bits per heavy atom. The number of nitrogens with zero attached hydrogens (tertiary/aromatic N) is 6. The first-order valence-corrected chi connectivity index (χ1v) is 14.1. The number of aromatic nitrogens is 6. The Kier molecular flexibility index (Phi) is 6.35. The molecular formula is C29H34N10O. The van der Waals surface area contributed by atoms with Crippen LogP contribution in [-0.4, -0.2) is 73.8 Å². The number of carbonyl (C=O) groups excluding carboxylic acids is 1. The predicted molar refractivity (Wildman–Crippen MR) is 157 cm³/mol. The van der Waals surface area contributed by atoms with Gasteiger partial charge in [-0.2, -0.15) is 5.10 Å². The highest BCUT2D eigenvalue weighted by Gasteiger charge is 2.23. The van der Waals surface area contributed by atoms with E-state index in [9.17, 15) is 4.79 Å². The smallest absolute Gasteiger partial charge is 0.257 e. The molecule has 0 unspecified atom stereocenters. The van der Waals surface area contributed by atoms with Gasteiger partial charge in [0.1, 0.15) is 0 Å². The fourth-order valence-corrected chi connectivity index (χ4v) is 5.98. The van der Waals surface area contributed by atoms with Crippen molar-refractivity contribution >= 4 is 51.1 Å². The molecule has 0 bridgehead atoms. The van der Waals surface area contributed by atoms with Gasteiger partial charge >= 0.3 is 0 Å². The van der Waals surface area contributed by atoms with Gasteiger partial charge in [-0.25, -0.2) is 9.97 Å². The van der Waals surface area contributed by atoms with Gasteiger partial charge in [0, 0.05) is 55.7 Å². The Morgan fingerprint density at radius 3 is 2.73 bits per heavy atom. The maximum atomic E-state index is 13.7. The third kappa shape index (κ3) is 4.77. The Hall–Kier alpha value is -4.38. The van der Waals surface area contributed by atoms with Crippen molar-refractivity contribution in [3.8, 4) is 0 Å². The highest BCUT2D eigenvalue weighted by atomic mass is 16.1. The lowest BCUT2D eigenvalue weighted by Gasteiger charge is -2.35. The molecule has 3 aromatic heterocycles. The molecule has 0 spiro atoms. The summed E-state index contributed by atoms with van der Waals surface area (Å²) in [6.45, 7) is 3.56. The number of aromatic amines is 2. The Balaban J connectivity index is 1.21. The summed E-state index contributed by atoms with van der Waals surface area (Å²) in [5.41, 5.74) is 4.70. The van der Waals surface area contributed by atoms with E-state index in [4.69, 9.17) is 4.98 Å². The number of likely N-dealkylation sites (N-methyl/N-ethyl adjacent to an activating group) is 1. The monoisotopic (exact) mass is 538 g/mol. The maximum absolute atomic E-state index is 13.7. The molecule has 2 aliphatic rings. The quantitative estimate of drug-likeness (QED) is 0.243. The number of carbonyl (C=O) groups is 1. The van der Waals surface area contributed by atoms with E-state index in [0.29, 0.717) is 23.2 Å². The third-order valence-corrected chi connectivity index (χ3v) is 8.25. The number of fused-ring (bicyclic) bond motifs is 2. The zero-order chi connectivity index (χ0) is 27.1. The number of nitrogens with one attached hydrogen (secondary N) is 4. The van der Waals surface area contributed by atoms with Crippen LogP contribution >= 0.6 is 0 Å². The van der Waals surface area contributed by atoms with Crippen LogP contribution in [0.4, 0.5) is 23.3 Å². The lowest BCUT2D eigenvalue weighted by Crippen LogP contribution is -2.45. The molecule has 1 saturated carbocycles. The number of amides is 1. The summed E-state index contributed by atoms with van der Waals surface area (Å²) in [6, 6.07) is 10.2. The molecular weight excluding hydrogens is 504 g/mol. The van der Waals surface area contributed by atoms with E-state index in [1.54, 1.807) is 6.20 Å². The summed E-state index contributed by atoms with van der Waals surface area (Å²) in [4.78, 5) is 31.1. The van der Waals surface area contributed by atoms with Crippen LogP contribution in [0.3, 0.4) is 0 Å². The molecule has 4 N–H and O–H groups in total. The molecule has 40 heavy (non-hydrogen) atoms. The minimum absolute atomic E-state index is 0.161. The minimum atomic E-state index is -0.161. The molecule has 0 radical (unpaired) electrons. The first-order valence-electron chi connectivity index (χ1n) is 14.1. The first-order chi connectivity index (χ1) is 19.6. The van der Waals surface area contributed by atoms with Crippen LogP contribution in [0, 0.1) is 0 Å². The van der Waals surface area contributed by atoms with E-state index in [-0.39, 0.29) is 5.91 Å². The van der Waals surface area contributed by atoms with E-state index in [1.165, 1.54) is 32.1 Å². The number of hydrogen-bond donors (Lipinski definition) is 4. The highest BCUT2D eigenvalue weighted by Crippen LogP contribution is 2.32. The van der Waals surface area contributed by atoms with Crippen molar-refractivity contribution in [1.82, 2.24) is 34.6 Å². The van der Waals surface area contributed by atoms with Gasteiger partial charge in [0.15, 0.2) is 0 Å². The second-order valence-corrected chi connectivity index (χ2v) is 11.0. The van der Waals surface area contributed by atoms with Gasteiger partial charge < -0.3 is 24.7 Å². The Morgan fingerprint density at radius 2 is 1.88 bits per heavy atom. The molecule has 11 heteroatoms. The van der Waals surface area contributed by atoms with Crippen molar-refractivity contribution < 1.29 is 4.79 Å². The van der Waals surface area contributed by atoms with Crippen molar-refractivity contribution in [3.63, 3.8) is 0 Å². The van der Waals surface area contributed by atoms with Crippen LogP contribution in [0.5, 0.6) is 0 Å². The molecule has 206 valence electrons. The third-order valence-electron chi connectivity index (χ3n) is 8.25. The van der Waals surface area contributed by atoms with Gasteiger partial charge in [0.05, 0.1) is 34.0 Å². The lowest BCUT2D eigenvalue weighted by atomic mass is 9.95. The van der Waals surface area contributed by atoms with Gasteiger partial charge in [-0.15, -0.1) is 0 Å². The van der Waals surface area contributed by atoms with Gasteiger partial charge in [-0.05, 0) is 50.2 Å². The maximum Gasteiger partial charge on any atom is 0.257 e. The van der Waals surface area contributed by atoms with Gasteiger partial charge in [0.25, 0.3) is 5.91 Å². The topological polar surface area (TPSA) is 123 Å². The normalized spacial score (nSPS) is 17.1. The molecule has 1 amide bonds. The summed E-state index contributed by atoms with van der Waals surface area (Å²) >= 11 is 0. The van der Waals surface area contributed by atoms with Crippen LogP contribution in [-0.2, 0) is 0 Å². The molecule has 7 rings (SSSR count). The predicted octanol–water partition coefficient (Wildman–Crippen LogP) is 4.89. The van der Waals surface area contributed by atoms with E-state index in [0.717, 1.165) is 59.8 Å². The molecule has 1 saturated heterocycles. The van der Waals surface area contributed by atoms with E-state index in [2.05, 4.69) is 58.4 Å². The van der Waals surface area contributed by atoms with Crippen LogP contribution in [0.25, 0.3) is 21.9 Å². The van der Waals surface area contributed by atoms with Crippen molar-refractivity contribution in [2.24, 2.45) is 0 Å². The van der Waals surface area contributed by atoms with E-state index >= 15 is 0 Å². The molecule has 1 aliphatic heterocycles. The summed E-state index contributed by atoms with van der Waals surface area (Å²) in [6.07, 6.45) is 11.8. The SMILES string of the molecule is CN1CCN(c2cc3nc(Nc4nccn4C4CCCCC4)[nH]c3cc2C(=O)Nc2ccc3cn[nH]c3c2)CC1. The van der Waals surface area contributed by atoms with Crippen LogP contribution in [0.15, 0.2) is 48.9 Å². The fraction of sp³-hybridized carbons (Fsp3) is 0.379. The molecule has 1 aliphatic carbocycles. The van der Waals surface area contributed by atoms with Crippen LogP contribution in [0.2, 0.25) is 0 Å². The van der Waals surface area contributed by atoms with Crippen molar-refractivity contribution in [1.29, 1.82) is 0 Å². The largest absolute Gasteiger partial charge is 0.368 e. The second-order valence-electron chi connectivity index (χ2n) is 11.0. The first kappa shape index (κ1) is 24.6. The Labute approximate surface area is 232 Å². The second kappa shape index (κ2) is 10.3. The van der Waals surface area contributed by atoms with Crippen molar-refractivity contribution in [2.45, 2.75) is 38.1 Å². The molecule has 11 nitrogen and oxygen atoms in total. The zero-order valence-corrected chi connectivity index (χ0v) is 22.7. The van der Waals surface area contributed by atoms with E-state index < -0.39 is 0 Å². The lowest BCUT2D eigenvalue weighted by molar-refractivity contribution is 0.102. The summed E-state index contributed by atoms with van der Waals surface area (Å²) < 4.78 is 2.23. The number of H-pyrrole nitrogens is 2. The number of piperazine rings is 1. The number of imidazole rings is 2. The average Bonchev–Trinajstić information content (AvgIpc) is 3.72. The van der Waals surface area contributed by atoms with Crippen LogP contribution in [0.1, 0.15) is 48.5 Å². The highest BCUT2D eigenvalue weighted by molar-refractivity contribution is 6.11. The van der Waals surface area contributed by atoms with Gasteiger partial charge in [-0.1, -0.05) is 19.3 Å². The van der Waals surface area contributed by atoms with Crippen molar-refractivity contribution in [3.05, 3.63) is 54.5 Å². The van der Waals surface area contributed by atoms with Gasteiger partial charge in [-0.3, -0.25) is 15.2 Å². The fourth-order valence-electron chi connectivity index (χ4n) is 5.98. The molecule has 2 fully saturated rings. The molecule has 0 atom stereocenters. The van der Waals surface area contributed by atoms with Crippen LogP contribution < -0.4 is 15.5 Å². The molecule has 2 aromatic carbocycles. The van der Waals surface area contributed by atoms with E-state index in [1.807, 2.05) is 36.5 Å². The number of hydrogen-bond acceptors (Lipinski definition) is 7. The number of anilines is 4. The average molecular weight is 539 g/mol. The summed E-state index contributed by atoms with van der Waals surface area (Å²) in [5, 5.41) is 14.5. The standard InChI is InChI=1S/C29H34N10O/c1-37-11-13-38(14-12-37)26-17-25-24(16-22(26)27(40)32-20-8-7-19-18-31-36-23(19)15-20)33-28(34-25)35-29-30-9-10-39(29)21-5-3-2-4-6-21/h7-10,15-18,21H,2-6,11-14H2,1H3,(H,31,36)(H,32,40)(H2,30,33,34,35). The van der Waals surface area contributed by atoms with Gasteiger partial charge in [0.2, 0.25) is 11.9 Å². The Bertz CT molecular complexity index is 1650. The summed E-state index contributed by atoms with van der Waals surface area (Å²) in [5.74, 6) is 1.24. The number of benzene rings is 2. The molecule has 5 aromatic rings. The minimum Gasteiger partial charge on any atom is -0.368 e. The molecule has 4 heterocycles.